The Morgan fingerprint density at radius 3 is 2.22 bits per heavy atom. The van der Waals surface area contributed by atoms with Crippen molar-refractivity contribution in [2.24, 2.45) is 5.73 Å². The summed E-state index contributed by atoms with van der Waals surface area (Å²) in [5, 5.41) is 7.42. The van der Waals surface area contributed by atoms with Gasteiger partial charge in [0.15, 0.2) is 0 Å². The van der Waals surface area contributed by atoms with Crippen molar-refractivity contribution in [3.05, 3.63) is 87.7 Å². The summed E-state index contributed by atoms with van der Waals surface area (Å²) in [6.45, 7) is 6.42. The van der Waals surface area contributed by atoms with Gasteiger partial charge in [0.1, 0.15) is 0 Å². The lowest BCUT2D eigenvalue weighted by atomic mass is 9.98. The number of hydrogen-bond acceptors (Lipinski definition) is 2. The zero-order valence-electron chi connectivity index (χ0n) is 16.3. The number of primary amides is 1. The zero-order chi connectivity index (χ0) is 19.4. The van der Waals surface area contributed by atoms with Gasteiger partial charge in [0.25, 0.3) is 5.91 Å². The highest BCUT2D eigenvalue weighted by Gasteiger charge is 2.18. The van der Waals surface area contributed by atoms with E-state index < -0.39 is 5.91 Å². The molecule has 1 amide bonds. The normalized spacial score (nSPS) is 11.1. The van der Waals surface area contributed by atoms with Crippen molar-refractivity contribution >= 4 is 5.91 Å². The maximum atomic E-state index is 12.1. The number of carbonyl (C=O) groups excluding carboxylic acids is 1. The van der Waals surface area contributed by atoms with E-state index in [-0.39, 0.29) is 0 Å². The first-order valence-corrected chi connectivity index (χ1v) is 9.44. The number of aromatic amines is 1. The fourth-order valence-electron chi connectivity index (χ4n) is 3.26. The van der Waals surface area contributed by atoms with Crippen LogP contribution in [0.4, 0.5) is 0 Å². The van der Waals surface area contributed by atoms with Gasteiger partial charge in [-0.05, 0) is 42.4 Å². The van der Waals surface area contributed by atoms with Crippen molar-refractivity contribution in [1.82, 2.24) is 10.2 Å². The first kappa shape index (κ1) is 18.9. The molecule has 27 heavy (non-hydrogen) atoms. The second kappa shape index (κ2) is 8.21. The Labute approximate surface area is 160 Å². The minimum atomic E-state index is -0.420. The summed E-state index contributed by atoms with van der Waals surface area (Å²) < 4.78 is 0. The van der Waals surface area contributed by atoms with Crippen molar-refractivity contribution in [3.8, 4) is 0 Å². The van der Waals surface area contributed by atoms with Crippen molar-refractivity contribution < 1.29 is 4.79 Å². The molecule has 0 aliphatic heterocycles. The molecule has 0 bridgehead atoms. The third-order valence-electron chi connectivity index (χ3n) is 4.96. The van der Waals surface area contributed by atoms with Gasteiger partial charge < -0.3 is 5.73 Å². The van der Waals surface area contributed by atoms with Gasteiger partial charge in [-0.2, -0.15) is 5.10 Å². The maximum Gasteiger partial charge on any atom is 0.252 e. The van der Waals surface area contributed by atoms with Gasteiger partial charge in [0, 0.05) is 6.42 Å². The quantitative estimate of drug-likeness (QED) is 0.658. The van der Waals surface area contributed by atoms with Crippen LogP contribution in [0.1, 0.15) is 63.8 Å². The van der Waals surface area contributed by atoms with Crippen LogP contribution in [0.5, 0.6) is 0 Å². The number of benzene rings is 2. The number of hydrogen-bond donors (Lipinski definition) is 2. The molecular formula is C23H27N3O. The third-order valence-corrected chi connectivity index (χ3v) is 4.96. The summed E-state index contributed by atoms with van der Waals surface area (Å²) in [6.07, 6.45) is 2.13. The van der Waals surface area contributed by atoms with E-state index in [1.54, 1.807) is 0 Å². The van der Waals surface area contributed by atoms with Gasteiger partial charge in [0.2, 0.25) is 0 Å². The molecule has 4 nitrogen and oxygen atoms in total. The first-order chi connectivity index (χ1) is 12.9. The molecule has 4 heteroatoms. The molecule has 0 spiro atoms. The molecule has 0 saturated carbocycles. The molecule has 0 atom stereocenters. The molecule has 0 fully saturated rings. The number of rotatable bonds is 7. The number of aryl methyl sites for hydroxylation is 3. The van der Waals surface area contributed by atoms with Crippen molar-refractivity contribution in [2.45, 2.75) is 46.0 Å². The Balaban J connectivity index is 1.76. The minimum Gasteiger partial charge on any atom is -0.365 e. The molecular weight excluding hydrogens is 334 g/mol. The highest BCUT2D eigenvalue weighted by atomic mass is 16.1. The second-order valence-electron chi connectivity index (χ2n) is 7.45. The van der Waals surface area contributed by atoms with E-state index in [1.165, 1.54) is 16.7 Å². The molecule has 1 aromatic heterocycles. The number of amides is 1. The molecule has 2 aromatic carbocycles. The molecule has 3 rings (SSSR count). The molecule has 140 valence electrons. The molecule has 0 saturated heterocycles. The van der Waals surface area contributed by atoms with Crippen LogP contribution in [0.2, 0.25) is 0 Å². The van der Waals surface area contributed by atoms with Gasteiger partial charge in [0.05, 0.1) is 17.0 Å². The smallest absolute Gasteiger partial charge is 0.252 e. The van der Waals surface area contributed by atoms with Gasteiger partial charge in [-0.25, -0.2) is 0 Å². The lowest BCUT2D eigenvalue weighted by Crippen LogP contribution is -2.15. The van der Waals surface area contributed by atoms with Crippen molar-refractivity contribution in [3.63, 3.8) is 0 Å². The van der Waals surface area contributed by atoms with Gasteiger partial charge in [-0.1, -0.05) is 67.9 Å². The minimum absolute atomic E-state index is 0.420. The molecule has 3 N–H and O–H groups in total. The molecule has 0 radical (unpaired) electrons. The van der Waals surface area contributed by atoms with Crippen LogP contribution >= 0.6 is 0 Å². The van der Waals surface area contributed by atoms with Gasteiger partial charge in [-0.3, -0.25) is 9.89 Å². The monoisotopic (exact) mass is 361 g/mol. The summed E-state index contributed by atoms with van der Waals surface area (Å²) in [4.78, 5) is 12.1. The largest absolute Gasteiger partial charge is 0.365 e. The predicted octanol–water partition coefficient (Wildman–Crippen LogP) is 4.32. The highest BCUT2D eigenvalue weighted by molar-refractivity contribution is 5.95. The third kappa shape index (κ3) is 4.64. The molecule has 0 aliphatic carbocycles. The Morgan fingerprint density at radius 1 is 1.00 bits per heavy atom. The van der Waals surface area contributed by atoms with Crippen molar-refractivity contribution in [1.29, 1.82) is 0 Å². The summed E-state index contributed by atoms with van der Waals surface area (Å²) in [7, 11) is 0. The number of carbonyl (C=O) groups is 1. The van der Waals surface area contributed by atoms with Gasteiger partial charge in [-0.15, -0.1) is 0 Å². The van der Waals surface area contributed by atoms with Crippen LogP contribution < -0.4 is 5.73 Å². The zero-order valence-corrected chi connectivity index (χ0v) is 16.3. The van der Waals surface area contributed by atoms with Crippen LogP contribution in [0.25, 0.3) is 0 Å². The second-order valence-corrected chi connectivity index (χ2v) is 7.45. The summed E-state index contributed by atoms with van der Waals surface area (Å²) >= 11 is 0. The van der Waals surface area contributed by atoms with E-state index in [0.29, 0.717) is 24.3 Å². The number of H-pyrrole nitrogens is 1. The Kier molecular flexibility index (Phi) is 5.75. The van der Waals surface area contributed by atoms with Crippen LogP contribution in [-0.2, 0) is 19.3 Å². The lowest BCUT2D eigenvalue weighted by Gasteiger charge is -2.07. The maximum absolute atomic E-state index is 12.1. The molecule has 0 aliphatic rings. The number of nitrogens with two attached hydrogens (primary N) is 1. The summed E-state index contributed by atoms with van der Waals surface area (Å²) in [5.74, 6) is 0.0808. The van der Waals surface area contributed by atoms with E-state index in [9.17, 15) is 4.79 Å². The number of nitrogens with zero attached hydrogens (tertiary/aromatic N) is 1. The number of aromatic nitrogens is 2. The van der Waals surface area contributed by atoms with E-state index in [2.05, 4.69) is 79.5 Å². The summed E-state index contributed by atoms with van der Waals surface area (Å²) in [5.41, 5.74) is 12.6. The standard InChI is InChI=1S/C23H27N3O/c1-15(2)19-11-8-18(9-12-19)14-21-22(23(24)27)20(25-26-21)13-10-17-6-4-16(3)5-7-17/h4-9,11-12,15H,10,13-14H2,1-3H3,(H2,24,27)(H,25,26). The predicted molar refractivity (Wildman–Crippen MR) is 109 cm³/mol. The molecule has 3 aromatic rings. The molecule has 1 heterocycles. The van der Waals surface area contributed by atoms with E-state index in [1.807, 2.05) is 0 Å². The lowest BCUT2D eigenvalue weighted by molar-refractivity contribution is 0.0998. The number of nitrogens with one attached hydrogen (secondary N) is 1. The Bertz CT molecular complexity index is 906. The average molecular weight is 361 g/mol. The SMILES string of the molecule is Cc1ccc(CCc2n[nH]c(Cc3ccc(C(C)C)cc3)c2C(N)=O)cc1. The summed E-state index contributed by atoms with van der Waals surface area (Å²) in [6, 6.07) is 16.9. The van der Waals surface area contributed by atoms with Crippen molar-refractivity contribution in [2.75, 3.05) is 0 Å². The van der Waals surface area contributed by atoms with E-state index in [0.717, 1.165) is 23.4 Å². The van der Waals surface area contributed by atoms with E-state index in [4.69, 9.17) is 5.73 Å². The Morgan fingerprint density at radius 2 is 1.63 bits per heavy atom. The van der Waals surface area contributed by atoms with E-state index >= 15 is 0 Å². The Hall–Kier alpha value is -2.88. The fraction of sp³-hybridized carbons (Fsp3) is 0.304. The first-order valence-electron chi connectivity index (χ1n) is 9.44. The van der Waals surface area contributed by atoms with Crippen LogP contribution in [0.3, 0.4) is 0 Å². The van der Waals surface area contributed by atoms with Crippen LogP contribution in [0, 0.1) is 6.92 Å². The van der Waals surface area contributed by atoms with Crippen LogP contribution in [-0.4, -0.2) is 16.1 Å². The van der Waals surface area contributed by atoms with Gasteiger partial charge >= 0.3 is 0 Å². The fourth-order valence-corrected chi connectivity index (χ4v) is 3.26. The van der Waals surface area contributed by atoms with Crippen LogP contribution in [0.15, 0.2) is 48.5 Å². The average Bonchev–Trinajstić information content (AvgIpc) is 3.04. The highest BCUT2D eigenvalue weighted by Crippen LogP contribution is 2.20. The topological polar surface area (TPSA) is 71.8 Å². The molecule has 0 unspecified atom stereocenters.